The van der Waals surface area contributed by atoms with Gasteiger partial charge in [-0.3, -0.25) is 0 Å². The molecule has 0 amide bonds. The SMILES string of the molecule is N#Cc1nccnc1Oc1cccc(F)c1C(=O)O. The van der Waals surface area contributed by atoms with Gasteiger partial charge in [0, 0.05) is 12.4 Å². The lowest BCUT2D eigenvalue weighted by Crippen LogP contribution is -2.04. The van der Waals surface area contributed by atoms with Crippen molar-refractivity contribution in [1.82, 2.24) is 9.97 Å². The van der Waals surface area contributed by atoms with Crippen LogP contribution in [0.4, 0.5) is 4.39 Å². The first-order valence-electron chi connectivity index (χ1n) is 5.04. The van der Waals surface area contributed by atoms with Crippen molar-refractivity contribution in [2.24, 2.45) is 0 Å². The van der Waals surface area contributed by atoms with E-state index in [2.05, 4.69) is 9.97 Å². The van der Waals surface area contributed by atoms with Crippen LogP contribution < -0.4 is 4.74 Å². The number of rotatable bonds is 3. The van der Waals surface area contributed by atoms with Crippen molar-refractivity contribution >= 4 is 5.97 Å². The molecule has 1 N–H and O–H groups in total. The fourth-order valence-electron chi connectivity index (χ4n) is 1.38. The van der Waals surface area contributed by atoms with Gasteiger partial charge in [0.1, 0.15) is 23.2 Å². The zero-order chi connectivity index (χ0) is 13.8. The van der Waals surface area contributed by atoms with Crippen LogP contribution >= 0.6 is 0 Å². The number of benzene rings is 1. The molecule has 2 aromatic rings. The van der Waals surface area contributed by atoms with E-state index in [9.17, 15) is 9.18 Å². The van der Waals surface area contributed by atoms with E-state index < -0.39 is 17.3 Å². The van der Waals surface area contributed by atoms with Crippen molar-refractivity contribution in [2.75, 3.05) is 0 Å². The number of aromatic nitrogens is 2. The minimum atomic E-state index is -1.48. The summed E-state index contributed by atoms with van der Waals surface area (Å²) in [5, 5.41) is 17.7. The highest BCUT2D eigenvalue weighted by Crippen LogP contribution is 2.27. The number of hydrogen-bond acceptors (Lipinski definition) is 5. The van der Waals surface area contributed by atoms with Gasteiger partial charge < -0.3 is 9.84 Å². The van der Waals surface area contributed by atoms with Gasteiger partial charge in [0.05, 0.1) is 0 Å². The van der Waals surface area contributed by atoms with E-state index in [1.807, 2.05) is 0 Å². The lowest BCUT2D eigenvalue weighted by molar-refractivity contribution is 0.0689. The molecule has 1 heterocycles. The molecule has 0 fully saturated rings. The van der Waals surface area contributed by atoms with E-state index in [0.29, 0.717) is 0 Å². The van der Waals surface area contributed by atoms with Crippen molar-refractivity contribution in [1.29, 1.82) is 5.26 Å². The molecule has 0 radical (unpaired) electrons. The predicted molar refractivity (Wildman–Crippen MR) is 60.2 cm³/mol. The Bertz CT molecular complexity index is 682. The van der Waals surface area contributed by atoms with E-state index in [4.69, 9.17) is 15.1 Å². The van der Waals surface area contributed by atoms with Crippen LogP contribution in [0.1, 0.15) is 16.1 Å². The number of carboxylic acids is 1. The van der Waals surface area contributed by atoms with Crippen molar-refractivity contribution in [2.45, 2.75) is 0 Å². The lowest BCUT2D eigenvalue weighted by atomic mass is 10.2. The molecule has 0 saturated heterocycles. The molecule has 0 aliphatic heterocycles. The Morgan fingerprint density at radius 2 is 2.11 bits per heavy atom. The van der Waals surface area contributed by atoms with E-state index in [-0.39, 0.29) is 17.3 Å². The summed E-state index contributed by atoms with van der Waals surface area (Å²) in [5.41, 5.74) is -0.750. The average molecular weight is 259 g/mol. The van der Waals surface area contributed by atoms with Gasteiger partial charge in [0.15, 0.2) is 0 Å². The Kier molecular flexibility index (Phi) is 3.34. The van der Waals surface area contributed by atoms with Gasteiger partial charge in [-0.25, -0.2) is 19.2 Å². The van der Waals surface area contributed by atoms with Crippen LogP contribution in [0.5, 0.6) is 11.6 Å². The molecule has 6 nitrogen and oxygen atoms in total. The van der Waals surface area contributed by atoms with E-state index >= 15 is 0 Å². The number of hydrogen-bond donors (Lipinski definition) is 1. The van der Waals surface area contributed by atoms with Crippen molar-refractivity contribution in [3.05, 3.63) is 47.7 Å². The van der Waals surface area contributed by atoms with Gasteiger partial charge >= 0.3 is 5.97 Å². The fraction of sp³-hybridized carbons (Fsp3) is 0. The summed E-state index contributed by atoms with van der Waals surface area (Å²) in [6.45, 7) is 0. The minimum Gasteiger partial charge on any atom is -0.477 e. The maximum Gasteiger partial charge on any atom is 0.342 e. The standard InChI is InChI=1S/C12H6FN3O3/c13-7-2-1-3-9(10(7)12(17)18)19-11-8(6-14)15-4-5-16-11/h1-5H,(H,17,18). The molecule has 0 unspecified atom stereocenters. The normalized spacial score (nSPS) is 9.68. The molecule has 0 aliphatic carbocycles. The minimum absolute atomic E-state index is 0.122. The Morgan fingerprint density at radius 1 is 1.37 bits per heavy atom. The van der Waals surface area contributed by atoms with Gasteiger partial charge in [-0.05, 0) is 12.1 Å². The Labute approximate surface area is 106 Å². The quantitative estimate of drug-likeness (QED) is 0.905. The van der Waals surface area contributed by atoms with Gasteiger partial charge in [0.25, 0.3) is 5.88 Å². The second-order valence-electron chi connectivity index (χ2n) is 3.34. The Morgan fingerprint density at radius 3 is 2.79 bits per heavy atom. The first-order valence-corrected chi connectivity index (χ1v) is 5.04. The van der Waals surface area contributed by atoms with Crippen molar-refractivity contribution in [3.8, 4) is 17.7 Å². The van der Waals surface area contributed by atoms with Crippen molar-refractivity contribution < 1.29 is 19.0 Å². The number of ether oxygens (including phenoxy) is 1. The third-order valence-electron chi connectivity index (χ3n) is 2.17. The topological polar surface area (TPSA) is 96.1 Å². The maximum atomic E-state index is 13.4. The molecular formula is C12H6FN3O3. The first kappa shape index (κ1) is 12.4. The average Bonchev–Trinajstić information content (AvgIpc) is 2.39. The molecule has 1 aromatic carbocycles. The number of carbonyl (C=O) groups is 1. The highest BCUT2D eigenvalue weighted by molar-refractivity contribution is 5.91. The number of nitrogens with zero attached hydrogens (tertiary/aromatic N) is 3. The van der Waals surface area contributed by atoms with Gasteiger partial charge in [-0.2, -0.15) is 5.26 Å². The van der Waals surface area contributed by atoms with E-state index in [1.54, 1.807) is 6.07 Å². The lowest BCUT2D eigenvalue weighted by Gasteiger charge is -2.08. The zero-order valence-electron chi connectivity index (χ0n) is 9.37. The van der Waals surface area contributed by atoms with Crippen molar-refractivity contribution in [3.63, 3.8) is 0 Å². The summed E-state index contributed by atoms with van der Waals surface area (Å²) >= 11 is 0. The molecule has 0 saturated carbocycles. The van der Waals surface area contributed by atoms with E-state index in [0.717, 1.165) is 6.07 Å². The number of halogens is 1. The maximum absolute atomic E-state index is 13.4. The highest BCUT2D eigenvalue weighted by Gasteiger charge is 2.19. The number of aromatic carboxylic acids is 1. The molecular weight excluding hydrogens is 253 g/mol. The Hall–Kier alpha value is -3.01. The molecule has 0 atom stereocenters. The summed E-state index contributed by atoms with van der Waals surface area (Å²) < 4.78 is 18.6. The molecule has 0 spiro atoms. The molecule has 0 aliphatic rings. The van der Waals surface area contributed by atoms with Crippen LogP contribution in [0, 0.1) is 17.1 Å². The summed E-state index contributed by atoms with van der Waals surface area (Å²) in [6, 6.07) is 5.29. The largest absolute Gasteiger partial charge is 0.477 e. The molecule has 1 aromatic heterocycles. The fourth-order valence-corrected chi connectivity index (χ4v) is 1.38. The van der Waals surface area contributed by atoms with Crippen LogP contribution in [-0.4, -0.2) is 21.0 Å². The second-order valence-corrected chi connectivity index (χ2v) is 3.34. The molecule has 0 bridgehead atoms. The second kappa shape index (κ2) is 5.10. The number of nitriles is 1. The molecule has 2 rings (SSSR count). The van der Waals surface area contributed by atoms with Gasteiger partial charge in [-0.15, -0.1) is 0 Å². The van der Waals surface area contributed by atoms with Crippen LogP contribution in [0.25, 0.3) is 0 Å². The molecule has 94 valence electrons. The van der Waals surface area contributed by atoms with E-state index in [1.165, 1.54) is 24.5 Å². The highest BCUT2D eigenvalue weighted by atomic mass is 19.1. The summed E-state index contributed by atoms with van der Waals surface area (Å²) in [7, 11) is 0. The predicted octanol–water partition coefficient (Wildman–Crippen LogP) is 1.98. The number of carboxylic acid groups (broad SMARTS) is 1. The Balaban J connectivity index is 2.48. The monoisotopic (exact) mass is 259 g/mol. The summed E-state index contributed by atoms with van der Waals surface area (Å²) in [5.74, 6) is -2.84. The van der Waals surface area contributed by atoms with Gasteiger partial charge in [-0.1, -0.05) is 6.07 Å². The van der Waals surface area contributed by atoms with Gasteiger partial charge in [0.2, 0.25) is 5.69 Å². The third-order valence-corrected chi connectivity index (χ3v) is 2.17. The molecule has 19 heavy (non-hydrogen) atoms. The van der Waals surface area contributed by atoms with Crippen LogP contribution in [0.15, 0.2) is 30.6 Å². The smallest absolute Gasteiger partial charge is 0.342 e. The van der Waals surface area contributed by atoms with Crippen LogP contribution in [0.3, 0.4) is 0 Å². The third kappa shape index (κ3) is 2.47. The summed E-state index contributed by atoms with van der Waals surface area (Å²) in [4.78, 5) is 18.4. The van der Waals surface area contributed by atoms with Crippen LogP contribution in [-0.2, 0) is 0 Å². The van der Waals surface area contributed by atoms with Crippen LogP contribution in [0.2, 0.25) is 0 Å². The summed E-state index contributed by atoms with van der Waals surface area (Å²) in [6.07, 6.45) is 2.56. The molecule has 7 heteroatoms. The first-order chi connectivity index (χ1) is 9.13. The zero-order valence-corrected chi connectivity index (χ0v) is 9.37.